The average Bonchev–Trinajstić information content (AvgIpc) is 2.16. The highest BCUT2D eigenvalue weighted by molar-refractivity contribution is 5.89. The third-order valence-corrected chi connectivity index (χ3v) is 1.89. The Morgan fingerprint density at radius 3 is 2.50 bits per heavy atom. The van der Waals surface area contributed by atoms with Crippen LogP contribution in [0.3, 0.4) is 0 Å². The van der Waals surface area contributed by atoms with Gasteiger partial charge in [0.25, 0.3) is 0 Å². The van der Waals surface area contributed by atoms with Crippen LogP contribution in [0.15, 0.2) is 24.3 Å². The van der Waals surface area contributed by atoms with Crippen molar-refractivity contribution in [1.29, 1.82) is 0 Å². The number of hydrogen-bond donors (Lipinski definition) is 2. The number of carbonyl (C=O) groups is 1. The van der Waals surface area contributed by atoms with Crippen LogP contribution in [0.5, 0.6) is 0 Å². The Morgan fingerprint density at radius 1 is 1.31 bits per heavy atom. The molecule has 0 unspecified atom stereocenters. The lowest BCUT2D eigenvalue weighted by Crippen LogP contribution is -2.28. The maximum Gasteiger partial charge on any atom is 0.401 e. The molecule has 0 aliphatic heterocycles. The molecule has 2 N–H and O–H groups in total. The molecule has 1 rings (SSSR count). The first kappa shape index (κ1) is 12.5. The van der Waals surface area contributed by atoms with Gasteiger partial charge in [-0.25, -0.2) is 4.79 Å². The molecule has 0 atom stereocenters. The van der Waals surface area contributed by atoms with Crippen molar-refractivity contribution in [2.24, 2.45) is 0 Å². The Morgan fingerprint density at radius 2 is 1.94 bits per heavy atom. The van der Waals surface area contributed by atoms with Crippen LogP contribution in [-0.2, 0) is 6.54 Å². The minimum absolute atomic E-state index is 0.0113. The molecule has 0 aliphatic rings. The van der Waals surface area contributed by atoms with Crippen LogP contribution in [0.2, 0.25) is 0 Å². The van der Waals surface area contributed by atoms with Gasteiger partial charge in [0, 0.05) is 6.54 Å². The molecule has 3 nitrogen and oxygen atoms in total. The molecule has 1 aromatic rings. The fourth-order valence-electron chi connectivity index (χ4n) is 1.22. The molecule has 0 aromatic heterocycles. The summed E-state index contributed by atoms with van der Waals surface area (Å²) in [5.74, 6) is -1.15. The van der Waals surface area contributed by atoms with Gasteiger partial charge in [0.2, 0.25) is 0 Å². The van der Waals surface area contributed by atoms with Crippen molar-refractivity contribution in [1.82, 2.24) is 5.32 Å². The summed E-state index contributed by atoms with van der Waals surface area (Å²) in [5.41, 5.74) is 0.344. The van der Waals surface area contributed by atoms with Crippen LogP contribution in [0.1, 0.15) is 15.9 Å². The van der Waals surface area contributed by atoms with E-state index in [1.165, 1.54) is 18.2 Å². The first-order valence-corrected chi connectivity index (χ1v) is 4.49. The van der Waals surface area contributed by atoms with Crippen LogP contribution in [0.25, 0.3) is 0 Å². The summed E-state index contributed by atoms with van der Waals surface area (Å²) in [6, 6.07) is 5.94. The number of rotatable bonds is 4. The van der Waals surface area contributed by atoms with E-state index in [4.69, 9.17) is 5.11 Å². The maximum atomic E-state index is 11.8. The van der Waals surface area contributed by atoms with E-state index in [0.717, 1.165) is 0 Å². The number of nitrogens with one attached hydrogen (secondary N) is 1. The number of halogens is 3. The van der Waals surface area contributed by atoms with Gasteiger partial charge in [0.05, 0.1) is 12.1 Å². The molecule has 0 spiro atoms. The molecule has 1 aromatic carbocycles. The van der Waals surface area contributed by atoms with Gasteiger partial charge in [0.1, 0.15) is 0 Å². The second-order valence-corrected chi connectivity index (χ2v) is 3.18. The molecule has 0 amide bonds. The van der Waals surface area contributed by atoms with Gasteiger partial charge in [-0.05, 0) is 11.6 Å². The predicted molar refractivity (Wildman–Crippen MR) is 51.2 cm³/mol. The number of carboxylic acids is 1. The predicted octanol–water partition coefficient (Wildman–Crippen LogP) is 2.04. The second kappa shape index (κ2) is 4.98. The molecule has 0 heterocycles. The van der Waals surface area contributed by atoms with Crippen molar-refractivity contribution < 1.29 is 23.1 Å². The molecule has 0 saturated heterocycles. The zero-order valence-electron chi connectivity index (χ0n) is 8.21. The molecule has 16 heavy (non-hydrogen) atoms. The van der Waals surface area contributed by atoms with Crippen molar-refractivity contribution in [3.8, 4) is 0 Å². The second-order valence-electron chi connectivity index (χ2n) is 3.18. The first-order chi connectivity index (χ1) is 7.40. The molecule has 6 heteroatoms. The van der Waals surface area contributed by atoms with Crippen molar-refractivity contribution in [2.75, 3.05) is 6.54 Å². The van der Waals surface area contributed by atoms with E-state index in [1.807, 2.05) is 0 Å². The first-order valence-electron chi connectivity index (χ1n) is 4.49. The van der Waals surface area contributed by atoms with Crippen molar-refractivity contribution in [2.45, 2.75) is 12.7 Å². The van der Waals surface area contributed by atoms with Crippen molar-refractivity contribution >= 4 is 5.97 Å². The summed E-state index contributed by atoms with van der Waals surface area (Å²) in [7, 11) is 0. The van der Waals surface area contributed by atoms with E-state index in [2.05, 4.69) is 5.32 Å². The minimum Gasteiger partial charge on any atom is -0.478 e. The van der Waals surface area contributed by atoms with Crippen LogP contribution in [-0.4, -0.2) is 23.8 Å². The Hall–Kier alpha value is -1.56. The molecule has 0 aliphatic carbocycles. The van der Waals surface area contributed by atoms with Gasteiger partial charge in [-0.3, -0.25) is 0 Å². The number of carboxylic acid groups (broad SMARTS) is 1. The van der Waals surface area contributed by atoms with Gasteiger partial charge in [-0.2, -0.15) is 13.2 Å². The van der Waals surface area contributed by atoms with Gasteiger partial charge in [-0.15, -0.1) is 0 Å². The summed E-state index contributed by atoms with van der Waals surface area (Å²) < 4.78 is 35.5. The lowest BCUT2D eigenvalue weighted by molar-refractivity contribution is -0.125. The van der Waals surface area contributed by atoms with Gasteiger partial charge in [-0.1, -0.05) is 18.2 Å². The summed E-state index contributed by atoms with van der Waals surface area (Å²) in [6.45, 7) is -1.26. The van der Waals surface area contributed by atoms with Crippen molar-refractivity contribution in [3.63, 3.8) is 0 Å². The molecule has 0 radical (unpaired) electrons. The SMILES string of the molecule is O=C(O)c1ccccc1CNCC(F)(F)F. The van der Waals surface area contributed by atoms with E-state index in [0.29, 0.717) is 5.56 Å². The maximum absolute atomic E-state index is 11.8. The standard InChI is InChI=1S/C10H10F3NO2/c11-10(12,13)6-14-5-7-3-1-2-4-8(7)9(15)16/h1-4,14H,5-6H2,(H,15,16). The van der Waals surface area contributed by atoms with E-state index in [9.17, 15) is 18.0 Å². The highest BCUT2D eigenvalue weighted by Gasteiger charge is 2.26. The molecular formula is C10H10F3NO2. The smallest absolute Gasteiger partial charge is 0.401 e. The molecule has 88 valence electrons. The van der Waals surface area contributed by atoms with E-state index in [1.54, 1.807) is 6.07 Å². The molecule has 0 bridgehead atoms. The summed E-state index contributed by atoms with van der Waals surface area (Å²) in [5, 5.41) is 10.9. The zero-order chi connectivity index (χ0) is 12.2. The summed E-state index contributed by atoms with van der Waals surface area (Å²) in [4.78, 5) is 10.7. The zero-order valence-corrected chi connectivity index (χ0v) is 8.21. The van der Waals surface area contributed by atoms with Gasteiger partial charge >= 0.3 is 12.1 Å². The Kier molecular flexibility index (Phi) is 3.89. The number of aromatic carboxylic acids is 1. The highest BCUT2D eigenvalue weighted by atomic mass is 19.4. The highest BCUT2D eigenvalue weighted by Crippen LogP contribution is 2.13. The Bertz CT molecular complexity index is 377. The fourth-order valence-corrected chi connectivity index (χ4v) is 1.22. The molecular weight excluding hydrogens is 223 g/mol. The fraction of sp³-hybridized carbons (Fsp3) is 0.300. The van der Waals surface area contributed by atoms with Crippen LogP contribution in [0, 0.1) is 0 Å². The van der Waals surface area contributed by atoms with E-state index < -0.39 is 18.7 Å². The Balaban J connectivity index is 2.64. The summed E-state index contributed by atoms with van der Waals surface area (Å²) in [6.07, 6.45) is -4.29. The molecule has 0 fully saturated rings. The normalized spacial score (nSPS) is 11.4. The topological polar surface area (TPSA) is 49.3 Å². The van der Waals surface area contributed by atoms with Crippen LogP contribution in [0.4, 0.5) is 13.2 Å². The monoisotopic (exact) mass is 233 g/mol. The lowest BCUT2D eigenvalue weighted by atomic mass is 10.1. The summed E-state index contributed by atoms with van der Waals surface area (Å²) >= 11 is 0. The molecule has 0 saturated carbocycles. The minimum atomic E-state index is -4.29. The number of benzene rings is 1. The third kappa shape index (κ3) is 3.90. The van der Waals surface area contributed by atoms with Crippen LogP contribution >= 0.6 is 0 Å². The third-order valence-electron chi connectivity index (χ3n) is 1.89. The largest absolute Gasteiger partial charge is 0.478 e. The number of hydrogen-bond acceptors (Lipinski definition) is 2. The van der Waals surface area contributed by atoms with Crippen molar-refractivity contribution in [3.05, 3.63) is 35.4 Å². The Labute approximate surface area is 89.9 Å². The van der Waals surface area contributed by atoms with E-state index >= 15 is 0 Å². The van der Waals surface area contributed by atoms with Gasteiger partial charge < -0.3 is 10.4 Å². The van der Waals surface area contributed by atoms with E-state index in [-0.39, 0.29) is 12.1 Å². The number of alkyl halides is 3. The van der Waals surface area contributed by atoms with Gasteiger partial charge in [0.15, 0.2) is 0 Å². The average molecular weight is 233 g/mol. The quantitative estimate of drug-likeness (QED) is 0.836. The van der Waals surface area contributed by atoms with Crippen LogP contribution < -0.4 is 5.32 Å². The lowest BCUT2D eigenvalue weighted by Gasteiger charge is -2.09.